The standard InChI is InChI=1S/C10H17F3N2/c1-7(2)15-5-8-3-9(15)4-14(8)6-10(11,12)13/h7-9H,3-6H2,1-2H3/t8-,9-/m0/s1. The van der Waals surface area contributed by atoms with E-state index in [0.29, 0.717) is 18.6 Å². The molecule has 0 aromatic carbocycles. The fourth-order valence-electron chi connectivity index (χ4n) is 2.84. The first-order valence-corrected chi connectivity index (χ1v) is 5.43. The monoisotopic (exact) mass is 222 g/mol. The average molecular weight is 222 g/mol. The van der Waals surface area contributed by atoms with Crippen molar-refractivity contribution in [2.24, 2.45) is 0 Å². The van der Waals surface area contributed by atoms with Crippen LogP contribution < -0.4 is 0 Å². The van der Waals surface area contributed by atoms with E-state index in [4.69, 9.17) is 0 Å². The van der Waals surface area contributed by atoms with Crippen LogP contribution in [0.25, 0.3) is 0 Å². The summed E-state index contributed by atoms with van der Waals surface area (Å²) in [7, 11) is 0. The van der Waals surface area contributed by atoms with E-state index in [1.54, 1.807) is 4.90 Å². The number of alkyl halides is 3. The molecule has 2 heterocycles. The lowest BCUT2D eigenvalue weighted by atomic mass is 10.2. The van der Waals surface area contributed by atoms with Gasteiger partial charge in [-0.3, -0.25) is 9.80 Å². The summed E-state index contributed by atoms with van der Waals surface area (Å²) < 4.78 is 36.7. The van der Waals surface area contributed by atoms with Crippen LogP contribution in [0.3, 0.4) is 0 Å². The molecule has 0 saturated carbocycles. The summed E-state index contributed by atoms with van der Waals surface area (Å²) in [6.07, 6.45) is -3.14. The van der Waals surface area contributed by atoms with Crippen molar-refractivity contribution in [1.82, 2.24) is 9.80 Å². The van der Waals surface area contributed by atoms with Gasteiger partial charge in [0.05, 0.1) is 6.54 Å². The predicted octanol–water partition coefficient (Wildman–Crippen LogP) is 1.72. The molecule has 0 unspecified atom stereocenters. The van der Waals surface area contributed by atoms with Crippen molar-refractivity contribution in [2.75, 3.05) is 19.6 Å². The quantitative estimate of drug-likeness (QED) is 0.702. The Morgan fingerprint density at radius 2 is 1.87 bits per heavy atom. The number of hydrogen-bond acceptors (Lipinski definition) is 2. The van der Waals surface area contributed by atoms with Gasteiger partial charge < -0.3 is 0 Å². The Bertz CT molecular complexity index is 239. The summed E-state index contributed by atoms with van der Waals surface area (Å²) in [4.78, 5) is 3.90. The van der Waals surface area contributed by atoms with Crippen molar-refractivity contribution in [3.8, 4) is 0 Å². The van der Waals surface area contributed by atoms with E-state index < -0.39 is 12.7 Å². The number of piperazine rings is 1. The van der Waals surface area contributed by atoms with Crippen LogP contribution in [-0.4, -0.2) is 53.7 Å². The van der Waals surface area contributed by atoms with Crippen LogP contribution in [0.1, 0.15) is 20.3 Å². The van der Waals surface area contributed by atoms with Crippen molar-refractivity contribution < 1.29 is 13.2 Å². The molecule has 2 saturated heterocycles. The SMILES string of the molecule is CC(C)N1C[C@@H]2C[C@H]1CN2CC(F)(F)F. The van der Waals surface area contributed by atoms with Crippen LogP contribution in [-0.2, 0) is 0 Å². The topological polar surface area (TPSA) is 6.48 Å². The summed E-state index contributed by atoms with van der Waals surface area (Å²) in [5, 5.41) is 0. The Hall–Kier alpha value is -0.290. The minimum Gasteiger partial charge on any atom is -0.295 e. The second-order valence-corrected chi connectivity index (χ2v) is 4.88. The summed E-state index contributed by atoms with van der Waals surface area (Å²) in [6, 6.07) is 0.921. The largest absolute Gasteiger partial charge is 0.401 e. The van der Waals surface area contributed by atoms with Gasteiger partial charge in [-0.25, -0.2) is 0 Å². The molecule has 0 aromatic heterocycles. The molecule has 0 radical (unpaired) electrons. The minimum absolute atomic E-state index is 0.124. The molecule has 2 bridgehead atoms. The highest BCUT2D eigenvalue weighted by Crippen LogP contribution is 2.33. The van der Waals surface area contributed by atoms with Gasteiger partial charge in [-0.1, -0.05) is 0 Å². The third-order valence-electron chi connectivity index (χ3n) is 3.44. The molecular formula is C10H17F3N2. The number of hydrogen-bond donors (Lipinski definition) is 0. The van der Waals surface area contributed by atoms with Gasteiger partial charge in [-0.05, 0) is 20.3 Å². The molecular weight excluding hydrogens is 205 g/mol. The maximum absolute atomic E-state index is 12.2. The number of nitrogens with zero attached hydrogens (tertiary/aromatic N) is 2. The minimum atomic E-state index is -4.05. The lowest BCUT2D eigenvalue weighted by Gasteiger charge is -2.36. The normalized spacial score (nSPS) is 33.2. The Morgan fingerprint density at radius 3 is 2.27 bits per heavy atom. The first kappa shape index (κ1) is 11.2. The van der Waals surface area contributed by atoms with Crippen molar-refractivity contribution in [3.63, 3.8) is 0 Å². The van der Waals surface area contributed by atoms with Gasteiger partial charge in [0.1, 0.15) is 0 Å². The van der Waals surface area contributed by atoms with Crippen LogP contribution in [0.2, 0.25) is 0 Å². The molecule has 2 aliphatic heterocycles. The van der Waals surface area contributed by atoms with Gasteiger partial charge in [0.15, 0.2) is 0 Å². The third-order valence-corrected chi connectivity index (χ3v) is 3.44. The van der Waals surface area contributed by atoms with Crippen LogP contribution in [0.4, 0.5) is 13.2 Å². The molecule has 15 heavy (non-hydrogen) atoms. The zero-order chi connectivity index (χ0) is 11.2. The molecule has 5 heteroatoms. The number of likely N-dealkylation sites (tertiary alicyclic amines) is 2. The molecule has 0 N–H and O–H groups in total. The van der Waals surface area contributed by atoms with Crippen molar-refractivity contribution >= 4 is 0 Å². The molecule has 88 valence electrons. The van der Waals surface area contributed by atoms with Gasteiger partial charge in [0, 0.05) is 31.2 Å². The van der Waals surface area contributed by atoms with E-state index >= 15 is 0 Å². The first-order valence-electron chi connectivity index (χ1n) is 5.43. The molecule has 2 atom stereocenters. The molecule has 0 spiro atoms. The molecule has 2 aliphatic rings. The predicted molar refractivity (Wildman–Crippen MR) is 51.7 cm³/mol. The van der Waals surface area contributed by atoms with Gasteiger partial charge in [0.2, 0.25) is 0 Å². The van der Waals surface area contributed by atoms with Crippen LogP contribution in [0.15, 0.2) is 0 Å². The zero-order valence-electron chi connectivity index (χ0n) is 9.09. The van der Waals surface area contributed by atoms with E-state index in [2.05, 4.69) is 18.7 Å². The smallest absolute Gasteiger partial charge is 0.295 e. The summed E-state index contributed by atoms with van der Waals surface area (Å²) in [5.74, 6) is 0. The zero-order valence-corrected chi connectivity index (χ0v) is 9.09. The van der Waals surface area contributed by atoms with Gasteiger partial charge in [-0.2, -0.15) is 13.2 Å². The second kappa shape index (κ2) is 3.63. The Kier molecular flexibility index (Phi) is 2.71. The molecule has 0 aliphatic carbocycles. The average Bonchev–Trinajstić information content (AvgIpc) is 2.58. The third kappa shape index (κ3) is 2.28. The first-order chi connectivity index (χ1) is 6.87. The Balaban J connectivity index is 1.92. The maximum Gasteiger partial charge on any atom is 0.401 e. The van der Waals surface area contributed by atoms with E-state index in [0.717, 1.165) is 13.0 Å². The number of rotatable bonds is 2. The van der Waals surface area contributed by atoms with Gasteiger partial charge in [-0.15, -0.1) is 0 Å². The molecule has 2 nitrogen and oxygen atoms in total. The van der Waals surface area contributed by atoms with E-state index in [1.807, 2.05) is 0 Å². The van der Waals surface area contributed by atoms with Crippen LogP contribution in [0, 0.1) is 0 Å². The van der Waals surface area contributed by atoms with Crippen LogP contribution in [0.5, 0.6) is 0 Å². The van der Waals surface area contributed by atoms with E-state index in [-0.39, 0.29) is 6.04 Å². The fraction of sp³-hybridized carbons (Fsp3) is 1.00. The lowest BCUT2D eigenvalue weighted by molar-refractivity contribution is -0.150. The highest BCUT2D eigenvalue weighted by atomic mass is 19.4. The van der Waals surface area contributed by atoms with Gasteiger partial charge in [0.25, 0.3) is 0 Å². The fourth-order valence-corrected chi connectivity index (χ4v) is 2.84. The summed E-state index contributed by atoms with van der Waals surface area (Å²) in [5.41, 5.74) is 0. The molecule has 0 amide bonds. The summed E-state index contributed by atoms with van der Waals surface area (Å²) >= 11 is 0. The Labute approximate surface area is 88.0 Å². The number of fused-ring (bicyclic) bond motifs is 2. The van der Waals surface area contributed by atoms with Gasteiger partial charge >= 0.3 is 6.18 Å². The highest BCUT2D eigenvalue weighted by molar-refractivity contribution is 5.00. The van der Waals surface area contributed by atoms with Crippen molar-refractivity contribution in [2.45, 2.75) is 44.6 Å². The molecule has 0 aromatic rings. The molecule has 2 fully saturated rings. The lowest BCUT2D eigenvalue weighted by Crippen LogP contribution is -2.51. The highest BCUT2D eigenvalue weighted by Gasteiger charge is 2.47. The Morgan fingerprint density at radius 1 is 1.20 bits per heavy atom. The van der Waals surface area contributed by atoms with E-state index in [1.165, 1.54) is 0 Å². The van der Waals surface area contributed by atoms with E-state index in [9.17, 15) is 13.2 Å². The number of halogens is 3. The second-order valence-electron chi connectivity index (χ2n) is 4.88. The van der Waals surface area contributed by atoms with Crippen LogP contribution >= 0.6 is 0 Å². The van der Waals surface area contributed by atoms with Crippen molar-refractivity contribution in [3.05, 3.63) is 0 Å². The maximum atomic E-state index is 12.2. The summed E-state index contributed by atoms with van der Waals surface area (Å²) in [6.45, 7) is 4.87. The molecule has 2 rings (SSSR count). The van der Waals surface area contributed by atoms with Crippen molar-refractivity contribution in [1.29, 1.82) is 0 Å².